The minimum absolute atomic E-state index is 0.417. The lowest BCUT2D eigenvalue weighted by Gasteiger charge is -2.11. The monoisotopic (exact) mass is 342 g/mol. The fraction of sp³-hybridized carbons (Fsp3) is 0.211. The van der Waals surface area contributed by atoms with E-state index in [9.17, 15) is 4.79 Å². The molecule has 6 nitrogen and oxygen atoms in total. The maximum atomic E-state index is 12.4. The standard InChI is InChI=1S/C19H18O6/c1-21-14-6-5-11(8-16(14)22-2)13-7-12-9-17(23-3)18(24-4)10-15(12)25-19(13)20/h5-10H,1-4H3. The highest BCUT2D eigenvalue weighted by Gasteiger charge is 2.14. The molecule has 1 heterocycles. The molecular formula is C19H18O6. The van der Waals surface area contributed by atoms with Crippen LogP contribution in [0.2, 0.25) is 0 Å². The number of hydrogen-bond acceptors (Lipinski definition) is 6. The molecule has 0 fully saturated rings. The minimum Gasteiger partial charge on any atom is -0.493 e. The summed E-state index contributed by atoms with van der Waals surface area (Å²) >= 11 is 0. The molecule has 0 bridgehead atoms. The van der Waals surface area contributed by atoms with Crippen molar-refractivity contribution in [2.75, 3.05) is 28.4 Å². The van der Waals surface area contributed by atoms with E-state index in [0.717, 1.165) is 5.39 Å². The summed E-state index contributed by atoms with van der Waals surface area (Å²) in [5.41, 5.74) is 1.06. The third-order valence-corrected chi connectivity index (χ3v) is 3.93. The van der Waals surface area contributed by atoms with Gasteiger partial charge in [0.25, 0.3) is 0 Å². The number of methoxy groups -OCH3 is 4. The molecule has 3 aromatic rings. The molecular weight excluding hydrogens is 324 g/mol. The van der Waals surface area contributed by atoms with Crippen LogP contribution in [0.4, 0.5) is 0 Å². The maximum Gasteiger partial charge on any atom is 0.344 e. The van der Waals surface area contributed by atoms with Gasteiger partial charge in [0.1, 0.15) is 5.58 Å². The Labute approximate surface area is 144 Å². The Kier molecular flexibility index (Phi) is 4.52. The van der Waals surface area contributed by atoms with Gasteiger partial charge in [0.15, 0.2) is 23.0 Å². The Morgan fingerprint density at radius 3 is 1.96 bits per heavy atom. The second kappa shape index (κ2) is 6.76. The van der Waals surface area contributed by atoms with Gasteiger partial charge in [-0.2, -0.15) is 0 Å². The fourth-order valence-corrected chi connectivity index (χ4v) is 2.65. The molecule has 0 saturated heterocycles. The van der Waals surface area contributed by atoms with E-state index in [1.54, 1.807) is 57.7 Å². The van der Waals surface area contributed by atoms with Gasteiger partial charge in [0.05, 0.1) is 34.0 Å². The first kappa shape index (κ1) is 16.7. The van der Waals surface area contributed by atoms with Gasteiger partial charge in [-0.25, -0.2) is 4.79 Å². The molecule has 25 heavy (non-hydrogen) atoms. The molecule has 0 atom stereocenters. The van der Waals surface area contributed by atoms with Gasteiger partial charge in [0.2, 0.25) is 0 Å². The quantitative estimate of drug-likeness (QED) is 0.661. The lowest BCUT2D eigenvalue weighted by atomic mass is 10.0. The molecule has 6 heteroatoms. The van der Waals surface area contributed by atoms with E-state index in [-0.39, 0.29) is 0 Å². The smallest absolute Gasteiger partial charge is 0.344 e. The predicted molar refractivity (Wildman–Crippen MR) is 94.1 cm³/mol. The van der Waals surface area contributed by atoms with Gasteiger partial charge < -0.3 is 23.4 Å². The van der Waals surface area contributed by atoms with Crippen LogP contribution in [0.3, 0.4) is 0 Å². The van der Waals surface area contributed by atoms with Gasteiger partial charge in [-0.15, -0.1) is 0 Å². The highest BCUT2D eigenvalue weighted by molar-refractivity contribution is 5.85. The van der Waals surface area contributed by atoms with Crippen LogP contribution in [-0.2, 0) is 0 Å². The Hall–Kier alpha value is -3.15. The molecule has 0 N–H and O–H groups in total. The summed E-state index contributed by atoms with van der Waals surface area (Å²) in [7, 11) is 6.18. The molecule has 0 aliphatic rings. The number of rotatable bonds is 5. The van der Waals surface area contributed by atoms with Crippen LogP contribution in [0.25, 0.3) is 22.1 Å². The number of hydrogen-bond donors (Lipinski definition) is 0. The maximum absolute atomic E-state index is 12.4. The third kappa shape index (κ3) is 2.98. The molecule has 3 rings (SSSR count). The van der Waals surface area contributed by atoms with Crippen molar-refractivity contribution in [3.05, 3.63) is 46.8 Å². The van der Waals surface area contributed by atoms with Crippen LogP contribution >= 0.6 is 0 Å². The second-order valence-electron chi connectivity index (χ2n) is 5.26. The van der Waals surface area contributed by atoms with E-state index >= 15 is 0 Å². The summed E-state index contributed by atoms with van der Waals surface area (Å²) in [5, 5.41) is 0.724. The van der Waals surface area contributed by atoms with E-state index < -0.39 is 5.63 Å². The second-order valence-corrected chi connectivity index (χ2v) is 5.26. The van der Waals surface area contributed by atoms with Gasteiger partial charge in [0, 0.05) is 11.5 Å². The number of fused-ring (bicyclic) bond motifs is 1. The lowest BCUT2D eigenvalue weighted by Crippen LogP contribution is -2.03. The van der Waals surface area contributed by atoms with Crippen molar-refractivity contribution in [2.45, 2.75) is 0 Å². The first-order valence-corrected chi connectivity index (χ1v) is 7.53. The molecule has 0 aliphatic heterocycles. The lowest BCUT2D eigenvalue weighted by molar-refractivity contribution is 0.355. The Bertz CT molecular complexity index is 974. The Morgan fingerprint density at radius 2 is 1.32 bits per heavy atom. The zero-order chi connectivity index (χ0) is 18.0. The van der Waals surface area contributed by atoms with E-state index in [0.29, 0.717) is 39.7 Å². The Balaban J connectivity index is 2.20. The van der Waals surface area contributed by atoms with Crippen molar-refractivity contribution >= 4 is 11.0 Å². The first-order valence-electron chi connectivity index (χ1n) is 7.53. The topological polar surface area (TPSA) is 67.1 Å². The van der Waals surface area contributed by atoms with E-state index in [2.05, 4.69) is 0 Å². The van der Waals surface area contributed by atoms with Crippen molar-refractivity contribution in [1.82, 2.24) is 0 Å². The summed E-state index contributed by atoms with van der Waals surface area (Å²) in [6.07, 6.45) is 0. The van der Waals surface area contributed by atoms with Crippen molar-refractivity contribution in [3.63, 3.8) is 0 Å². The molecule has 0 saturated carbocycles. The summed E-state index contributed by atoms with van der Waals surface area (Å²) in [4.78, 5) is 12.4. The molecule has 0 unspecified atom stereocenters. The molecule has 2 aromatic carbocycles. The summed E-state index contributed by atoms with van der Waals surface area (Å²) < 4.78 is 26.5. The van der Waals surface area contributed by atoms with E-state index in [4.69, 9.17) is 23.4 Å². The zero-order valence-corrected chi connectivity index (χ0v) is 14.4. The first-order chi connectivity index (χ1) is 12.1. The average Bonchev–Trinajstić information content (AvgIpc) is 2.65. The van der Waals surface area contributed by atoms with Crippen LogP contribution < -0.4 is 24.6 Å². The van der Waals surface area contributed by atoms with E-state index in [1.807, 2.05) is 0 Å². The SMILES string of the molecule is COc1ccc(-c2cc3cc(OC)c(OC)cc3oc2=O)cc1OC. The zero-order valence-electron chi connectivity index (χ0n) is 14.4. The van der Waals surface area contributed by atoms with E-state index in [1.165, 1.54) is 7.11 Å². The highest BCUT2D eigenvalue weighted by Crippen LogP contribution is 2.35. The van der Waals surface area contributed by atoms with Gasteiger partial charge >= 0.3 is 5.63 Å². The van der Waals surface area contributed by atoms with Crippen LogP contribution in [0.5, 0.6) is 23.0 Å². The normalized spacial score (nSPS) is 10.6. The molecule has 0 spiro atoms. The van der Waals surface area contributed by atoms with Crippen molar-refractivity contribution < 1.29 is 23.4 Å². The van der Waals surface area contributed by atoms with Crippen molar-refractivity contribution in [3.8, 4) is 34.1 Å². The minimum atomic E-state index is -0.452. The van der Waals surface area contributed by atoms with Crippen LogP contribution in [0.1, 0.15) is 0 Å². The fourth-order valence-electron chi connectivity index (χ4n) is 2.65. The van der Waals surface area contributed by atoms with Crippen LogP contribution in [-0.4, -0.2) is 28.4 Å². The van der Waals surface area contributed by atoms with Crippen molar-refractivity contribution in [1.29, 1.82) is 0 Å². The van der Waals surface area contributed by atoms with Crippen LogP contribution in [0.15, 0.2) is 45.6 Å². The third-order valence-electron chi connectivity index (χ3n) is 3.93. The molecule has 0 aliphatic carbocycles. The summed E-state index contributed by atoms with van der Waals surface area (Å²) in [5.74, 6) is 2.17. The van der Waals surface area contributed by atoms with Gasteiger partial charge in [-0.1, -0.05) is 6.07 Å². The molecule has 130 valence electrons. The van der Waals surface area contributed by atoms with Gasteiger partial charge in [-0.3, -0.25) is 0 Å². The predicted octanol–water partition coefficient (Wildman–Crippen LogP) is 3.49. The van der Waals surface area contributed by atoms with Gasteiger partial charge in [-0.05, 0) is 29.8 Å². The average molecular weight is 342 g/mol. The summed E-state index contributed by atoms with van der Waals surface area (Å²) in [6, 6.07) is 10.4. The molecule has 0 radical (unpaired) electrons. The Morgan fingerprint density at radius 1 is 0.720 bits per heavy atom. The largest absolute Gasteiger partial charge is 0.493 e. The number of benzene rings is 2. The van der Waals surface area contributed by atoms with Crippen LogP contribution in [0, 0.1) is 0 Å². The molecule has 1 aromatic heterocycles. The molecule has 0 amide bonds. The number of ether oxygens (including phenoxy) is 4. The van der Waals surface area contributed by atoms with Crippen molar-refractivity contribution in [2.24, 2.45) is 0 Å². The highest BCUT2D eigenvalue weighted by atomic mass is 16.5. The summed E-state index contributed by atoms with van der Waals surface area (Å²) in [6.45, 7) is 0.